The van der Waals surface area contributed by atoms with Crippen molar-refractivity contribution in [2.75, 3.05) is 32.8 Å². The van der Waals surface area contributed by atoms with Crippen LogP contribution >= 0.6 is 0 Å². The third-order valence-electron chi connectivity index (χ3n) is 16.5. The summed E-state index contributed by atoms with van der Waals surface area (Å²) in [7, 11) is 0. The van der Waals surface area contributed by atoms with Crippen LogP contribution in [0.4, 0.5) is 0 Å². The number of nitrogens with two attached hydrogens (primary N) is 4. The molecule has 0 unspecified atom stereocenters. The molecule has 1 aromatic carbocycles. The number of hydrogen-bond donors (Lipinski definition) is 19. The summed E-state index contributed by atoms with van der Waals surface area (Å²) in [5.41, 5.74) is 22.5. The molecule has 2 aliphatic heterocycles. The van der Waals surface area contributed by atoms with Crippen LogP contribution in [0.25, 0.3) is 0 Å². The number of aliphatic hydroxyl groups is 2. The molecule has 38 heteroatoms. The largest absolute Gasteiger partial charge is 0.508 e. The molecular formula is C62H96N16O22. The first kappa shape index (κ1) is 84.1. The Morgan fingerprint density at radius 1 is 0.520 bits per heavy atom. The molecule has 23 N–H and O–H groups in total. The summed E-state index contributed by atoms with van der Waals surface area (Å²) in [6.45, 7) is 6.33. The summed E-state index contributed by atoms with van der Waals surface area (Å²) in [6, 6.07) is -12.9. The second kappa shape index (κ2) is 40.7. The highest BCUT2D eigenvalue weighted by molar-refractivity contribution is 6.01. The van der Waals surface area contributed by atoms with E-state index in [1.807, 2.05) is 0 Å². The second-order valence-electron chi connectivity index (χ2n) is 25.3. The first-order chi connectivity index (χ1) is 46.9. The molecule has 38 nitrogen and oxygen atoms in total. The molecule has 0 aromatic heterocycles. The van der Waals surface area contributed by atoms with Crippen LogP contribution in [0.15, 0.2) is 24.3 Å². The predicted molar refractivity (Wildman–Crippen MR) is 348 cm³/mol. The summed E-state index contributed by atoms with van der Waals surface area (Å²) < 4.78 is 0. The van der Waals surface area contributed by atoms with Crippen LogP contribution in [0.3, 0.4) is 0 Å². The number of carboxylic acids is 2. The van der Waals surface area contributed by atoms with Crippen molar-refractivity contribution in [2.45, 2.75) is 198 Å². The van der Waals surface area contributed by atoms with Gasteiger partial charge in [0, 0.05) is 32.4 Å². The number of nitrogens with zero attached hydrogens (tertiary/aromatic N) is 2. The minimum atomic E-state index is -1.86. The number of rotatable bonds is 42. The third kappa shape index (κ3) is 27.0. The fourth-order valence-corrected chi connectivity index (χ4v) is 10.8. The molecule has 2 aliphatic rings. The van der Waals surface area contributed by atoms with Gasteiger partial charge in [-0.3, -0.25) is 76.7 Å². The minimum absolute atomic E-state index is 0.0149. The molecule has 0 aliphatic carbocycles. The fraction of sp³-hybridized carbons (Fsp3) is 0.629. The number of aliphatic hydroxyl groups excluding tert-OH is 2. The quantitative estimate of drug-likeness (QED) is 0.0289. The highest BCUT2D eigenvalue weighted by atomic mass is 16.4. The lowest BCUT2D eigenvalue weighted by Crippen LogP contribution is -2.61. The van der Waals surface area contributed by atoms with E-state index >= 15 is 0 Å². The number of benzene rings is 1. The molecule has 0 spiro atoms. The van der Waals surface area contributed by atoms with Gasteiger partial charge in [-0.2, -0.15) is 0 Å². The van der Waals surface area contributed by atoms with Gasteiger partial charge in [-0.05, 0) is 80.4 Å². The number of nitrogens with one attached hydrogen (secondary N) is 10. The number of carbonyl (C=O) groups is 17. The van der Waals surface area contributed by atoms with Crippen molar-refractivity contribution >= 4 is 101 Å². The maximum absolute atomic E-state index is 14.3. The van der Waals surface area contributed by atoms with Gasteiger partial charge in [-0.1, -0.05) is 60.1 Å². The number of phenols is 1. The zero-order chi connectivity index (χ0) is 75.4. The van der Waals surface area contributed by atoms with Gasteiger partial charge in [0.2, 0.25) is 88.6 Å². The average molecular weight is 1420 g/mol. The maximum atomic E-state index is 14.3. The van der Waals surface area contributed by atoms with E-state index < -0.39 is 237 Å². The third-order valence-corrected chi connectivity index (χ3v) is 16.5. The Kier molecular flexibility index (Phi) is 34.2. The number of primary amides is 3. The van der Waals surface area contributed by atoms with Gasteiger partial charge in [0.25, 0.3) is 0 Å². The number of aliphatic carboxylic acids is 2. The molecule has 15 amide bonds. The number of carboxylic acid groups (broad SMARTS) is 2. The number of carbonyl (C=O) groups excluding carboxylic acids is 15. The van der Waals surface area contributed by atoms with Crippen LogP contribution < -0.4 is 76.1 Å². The van der Waals surface area contributed by atoms with Crippen molar-refractivity contribution < 1.29 is 107 Å². The van der Waals surface area contributed by atoms with Crippen LogP contribution in [0.2, 0.25) is 0 Å². The smallest absolute Gasteiger partial charge is 0.326 e. The zero-order valence-corrected chi connectivity index (χ0v) is 56.6. The summed E-state index contributed by atoms with van der Waals surface area (Å²) in [4.78, 5) is 226. The summed E-state index contributed by atoms with van der Waals surface area (Å²) in [5, 5.41) is 72.7. The highest BCUT2D eigenvalue weighted by Gasteiger charge is 2.43. The normalized spacial score (nSPS) is 17.5. The van der Waals surface area contributed by atoms with Crippen molar-refractivity contribution in [3.63, 3.8) is 0 Å². The monoisotopic (exact) mass is 1420 g/mol. The van der Waals surface area contributed by atoms with E-state index in [0.717, 1.165) is 4.90 Å². The molecule has 2 saturated heterocycles. The topological polar surface area (TPSA) is 622 Å². The molecule has 0 saturated carbocycles. The van der Waals surface area contributed by atoms with Crippen LogP contribution in [0, 0.1) is 17.8 Å². The number of amides is 15. The lowest BCUT2D eigenvalue weighted by molar-refractivity contribution is -0.143. The van der Waals surface area contributed by atoms with Gasteiger partial charge in [-0.15, -0.1) is 0 Å². The molecular weight excluding hydrogens is 1320 g/mol. The molecule has 3 rings (SSSR count). The summed E-state index contributed by atoms with van der Waals surface area (Å²) in [5.74, 6) is -19.7. The second-order valence-corrected chi connectivity index (χ2v) is 25.3. The number of aromatic hydroxyl groups is 1. The number of likely N-dealkylation sites (tertiary alicyclic amines) is 2. The SMILES string of the molecule is CC[C@H](C)[C@H](NC(=O)[C@@H]1CCCN1C(=O)[C@H](Cc1ccc(O)cc1)NC(=O)[C@@H](N)CCC(=O)O)C(=O)N[C@@H](CCC(N)=O)C(=O)N[C@@H](CO)C(=O)N1CCC[C@H]1C(=O)NCC(=O)N[C@@H](CC(N)=O)C(=O)N[C@H](C(=O)N[C@@H](CO)C(=O)N[C@@H](CC(N)=O)C(=O)N[C@@H](CC(C)C)C(=O)O)C(C)C. The van der Waals surface area contributed by atoms with E-state index in [2.05, 4.69) is 53.2 Å². The van der Waals surface area contributed by atoms with E-state index in [4.69, 9.17) is 28.0 Å². The molecule has 2 fully saturated rings. The summed E-state index contributed by atoms with van der Waals surface area (Å²) >= 11 is 0. The average Bonchev–Trinajstić information content (AvgIpc) is 1.63. The van der Waals surface area contributed by atoms with E-state index in [1.165, 1.54) is 43.0 Å². The van der Waals surface area contributed by atoms with E-state index in [9.17, 15) is 102 Å². The number of phenolic OH excluding ortho intramolecular Hbond substituents is 1. The van der Waals surface area contributed by atoms with Crippen molar-refractivity contribution in [3.05, 3.63) is 29.8 Å². The Labute approximate surface area is 575 Å². The van der Waals surface area contributed by atoms with Crippen molar-refractivity contribution in [2.24, 2.45) is 40.7 Å². The molecule has 100 heavy (non-hydrogen) atoms. The van der Waals surface area contributed by atoms with Crippen molar-refractivity contribution in [1.82, 2.24) is 63.0 Å². The minimum Gasteiger partial charge on any atom is -0.508 e. The van der Waals surface area contributed by atoms with Crippen molar-refractivity contribution in [1.29, 1.82) is 0 Å². The summed E-state index contributed by atoms with van der Waals surface area (Å²) in [6.07, 6.45) is -2.72. The Morgan fingerprint density at radius 2 is 0.990 bits per heavy atom. The van der Waals surface area contributed by atoms with Gasteiger partial charge >= 0.3 is 11.9 Å². The van der Waals surface area contributed by atoms with E-state index in [1.54, 1.807) is 27.7 Å². The standard InChI is InChI=1S/C62H96N16O22/c1-7-31(6)50(76-57(94)43-11-9-21-78(43)60(97)38(23-32-12-14-33(81)15-13-32)71-51(88)34(63)16-19-48(86)87)59(96)69-35(17-18-44(64)82)52(89)74-41(28-80)61(98)77-20-8-10-42(77)56(93)67-26-47(85)68-36(24-45(65)83)54(91)75-49(30(4)5)58(95)73-40(27-79)55(92)70-37(25-46(66)84)53(90)72-39(62(99)100)22-29(2)3/h12-15,29-31,34-43,49-50,79-81H,7-11,16-28,63H2,1-6H3,(H2,64,82)(H2,65,83)(H2,66,84)(H,67,93)(H,68,85)(H,69,96)(H,70,92)(H,71,88)(H,72,90)(H,73,95)(H,74,89)(H,75,91)(H,76,94)(H,86,87)(H,99,100)/t31-,34-,35-,36-,37-,38-,39-,40-,41-,42-,43-,49-,50-/m0/s1. The van der Waals surface area contributed by atoms with Crippen LogP contribution in [0.5, 0.6) is 5.75 Å². The molecule has 556 valence electrons. The first-order valence-corrected chi connectivity index (χ1v) is 32.6. The van der Waals surface area contributed by atoms with Gasteiger partial charge in [0.15, 0.2) is 0 Å². The lowest BCUT2D eigenvalue weighted by Gasteiger charge is -2.32. The molecule has 0 bridgehead atoms. The Hall–Kier alpha value is -10.1. The first-order valence-electron chi connectivity index (χ1n) is 32.6. The van der Waals surface area contributed by atoms with Gasteiger partial charge < -0.3 is 111 Å². The van der Waals surface area contributed by atoms with Gasteiger partial charge in [0.1, 0.15) is 72.2 Å². The lowest BCUT2D eigenvalue weighted by atomic mass is 9.96. The highest BCUT2D eigenvalue weighted by Crippen LogP contribution is 2.23. The van der Waals surface area contributed by atoms with Gasteiger partial charge in [-0.25, -0.2) is 4.79 Å². The van der Waals surface area contributed by atoms with Crippen LogP contribution in [-0.2, 0) is 87.9 Å². The fourth-order valence-electron chi connectivity index (χ4n) is 10.8. The van der Waals surface area contributed by atoms with Crippen LogP contribution in [0.1, 0.15) is 124 Å². The Morgan fingerprint density at radius 3 is 1.50 bits per heavy atom. The predicted octanol–water partition coefficient (Wildman–Crippen LogP) is -7.58. The van der Waals surface area contributed by atoms with E-state index in [-0.39, 0.29) is 69.7 Å². The zero-order valence-electron chi connectivity index (χ0n) is 56.6. The molecule has 2 heterocycles. The van der Waals surface area contributed by atoms with Gasteiger partial charge in [0.05, 0.1) is 38.6 Å². The number of hydrogen-bond acceptors (Lipinski definition) is 21. The van der Waals surface area contributed by atoms with Crippen LogP contribution in [-0.4, -0.2) is 241 Å². The maximum Gasteiger partial charge on any atom is 0.326 e. The Balaban J connectivity index is 1.74. The molecule has 13 atom stereocenters. The Bertz CT molecular complexity index is 3140. The molecule has 1 aromatic rings. The molecule has 0 radical (unpaired) electrons. The van der Waals surface area contributed by atoms with E-state index in [0.29, 0.717) is 12.0 Å². The van der Waals surface area contributed by atoms with Crippen molar-refractivity contribution in [3.8, 4) is 5.75 Å².